The molecular weight excluding hydrogens is 232 g/mol. The Morgan fingerprint density at radius 1 is 1.11 bits per heavy atom. The maximum Gasteiger partial charge on any atom is 0.347 e. The van der Waals surface area contributed by atoms with Crippen LogP contribution >= 0.6 is 0 Å². The number of aromatic nitrogens is 2. The van der Waals surface area contributed by atoms with E-state index in [1.807, 2.05) is 0 Å². The van der Waals surface area contributed by atoms with E-state index >= 15 is 0 Å². The number of phenols is 1. The molecule has 1 aromatic carbocycles. The summed E-state index contributed by atoms with van der Waals surface area (Å²) in [6.07, 6.45) is 3.12. The van der Waals surface area contributed by atoms with Crippen LogP contribution in [0.5, 0.6) is 5.75 Å². The molecule has 0 aliphatic rings. The molecule has 5 nitrogen and oxygen atoms in total. The molecule has 0 saturated heterocycles. The summed E-state index contributed by atoms with van der Waals surface area (Å²) < 4.78 is 5.13. The quantitative estimate of drug-likeness (QED) is 0.658. The van der Waals surface area contributed by atoms with E-state index in [-0.39, 0.29) is 5.75 Å². The van der Waals surface area contributed by atoms with E-state index < -0.39 is 5.63 Å². The first-order valence-corrected chi connectivity index (χ1v) is 5.28. The van der Waals surface area contributed by atoms with Gasteiger partial charge in [0.25, 0.3) is 0 Å². The molecule has 2 aromatic heterocycles. The molecule has 3 aromatic rings. The minimum atomic E-state index is -0.528. The van der Waals surface area contributed by atoms with Crippen molar-refractivity contribution in [1.82, 2.24) is 9.97 Å². The molecule has 18 heavy (non-hydrogen) atoms. The van der Waals surface area contributed by atoms with Crippen molar-refractivity contribution in [2.75, 3.05) is 0 Å². The van der Waals surface area contributed by atoms with E-state index in [9.17, 15) is 9.90 Å². The molecule has 0 amide bonds. The standard InChI is InChI=1S/C13H8N2O3/c16-9-3-2-8-6-10(12-14-4-1-5-15-12)13(17)18-11(8)7-9/h1-7,16H. The lowest BCUT2D eigenvalue weighted by Crippen LogP contribution is -2.04. The van der Waals surface area contributed by atoms with Crippen LogP contribution in [0.3, 0.4) is 0 Å². The number of fused-ring (bicyclic) bond motifs is 1. The third kappa shape index (κ3) is 1.71. The molecule has 1 N–H and O–H groups in total. The fraction of sp³-hybridized carbons (Fsp3) is 0. The Morgan fingerprint density at radius 2 is 1.89 bits per heavy atom. The Balaban J connectivity index is 2.29. The lowest BCUT2D eigenvalue weighted by atomic mass is 10.1. The topological polar surface area (TPSA) is 76.2 Å². The Hall–Kier alpha value is -2.69. The molecule has 0 aliphatic heterocycles. The van der Waals surface area contributed by atoms with Gasteiger partial charge in [0.05, 0.1) is 0 Å². The van der Waals surface area contributed by atoms with Crippen molar-refractivity contribution in [3.05, 3.63) is 53.1 Å². The van der Waals surface area contributed by atoms with E-state index in [2.05, 4.69) is 9.97 Å². The molecule has 0 aliphatic carbocycles. The van der Waals surface area contributed by atoms with Crippen LogP contribution < -0.4 is 5.63 Å². The minimum Gasteiger partial charge on any atom is -0.508 e. The van der Waals surface area contributed by atoms with Gasteiger partial charge in [-0.25, -0.2) is 14.8 Å². The van der Waals surface area contributed by atoms with Gasteiger partial charge in [-0.2, -0.15) is 0 Å². The van der Waals surface area contributed by atoms with Gasteiger partial charge >= 0.3 is 5.63 Å². The predicted molar refractivity (Wildman–Crippen MR) is 65.2 cm³/mol. The molecule has 0 bridgehead atoms. The highest BCUT2D eigenvalue weighted by Crippen LogP contribution is 2.21. The van der Waals surface area contributed by atoms with Crippen LogP contribution in [-0.2, 0) is 0 Å². The summed E-state index contributed by atoms with van der Waals surface area (Å²) in [5.41, 5.74) is 0.104. The summed E-state index contributed by atoms with van der Waals surface area (Å²) in [6.45, 7) is 0. The average Bonchev–Trinajstić information content (AvgIpc) is 2.39. The highest BCUT2D eigenvalue weighted by molar-refractivity contribution is 5.81. The van der Waals surface area contributed by atoms with E-state index in [4.69, 9.17) is 4.42 Å². The number of hydrogen-bond donors (Lipinski definition) is 1. The number of hydrogen-bond acceptors (Lipinski definition) is 5. The monoisotopic (exact) mass is 240 g/mol. The van der Waals surface area contributed by atoms with E-state index in [1.54, 1.807) is 30.6 Å². The van der Waals surface area contributed by atoms with Gasteiger partial charge in [0, 0.05) is 23.8 Å². The van der Waals surface area contributed by atoms with Crippen LogP contribution in [-0.4, -0.2) is 15.1 Å². The summed E-state index contributed by atoms with van der Waals surface area (Å²) in [7, 11) is 0. The lowest BCUT2D eigenvalue weighted by molar-refractivity contribution is 0.473. The van der Waals surface area contributed by atoms with Gasteiger partial charge in [-0.3, -0.25) is 0 Å². The van der Waals surface area contributed by atoms with Crippen molar-refractivity contribution < 1.29 is 9.52 Å². The van der Waals surface area contributed by atoms with Crippen molar-refractivity contribution in [2.45, 2.75) is 0 Å². The Bertz CT molecular complexity index is 766. The fourth-order valence-electron chi connectivity index (χ4n) is 1.69. The Labute approximate surface area is 101 Å². The zero-order chi connectivity index (χ0) is 12.5. The summed E-state index contributed by atoms with van der Waals surface area (Å²) in [6, 6.07) is 7.91. The van der Waals surface area contributed by atoms with Crippen LogP contribution in [0.1, 0.15) is 0 Å². The van der Waals surface area contributed by atoms with Gasteiger partial charge in [0.15, 0.2) is 5.82 Å². The molecule has 5 heteroatoms. The summed E-state index contributed by atoms with van der Waals surface area (Å²) in [5.74, 6) is 0.371. The lowest BCUT2D eigenvalue weighted by Gasteiger charge is -2.01. The maximum atomic E-state index is 11.8. The zero-order valence-electron chi connectivity index (χ0n) is 9.20. The van der Waals surface area contributed by atoms with Gasteiger partial charge in [0.2, 0.25) is 0 Å². The molecule has 88 valence electrons. The average molecular weight is 240 g/mol. The van der Waals surface area contributed by atoms with Crippen molar-refractivity contribution in [2.24, 2.45) is 0 Å². The van der Waals surface area contributed by atoms with Crippen LogP contribution in [0.15, 0.2) is 51.9 Å². The third-order valence-electron chi connectivity index (χ3n) is 2.53. The summed E-state index contributed by atoms with van der Waals surface area (Å²) in [4.78, 5) is 19.8. The Kier molecular flexibility index (Phi) is 2.30. The first kappa shape index (κ1) is 10.5. The van der Waals surface area contributed by atoms with Gasteiger partial charge in [0.1, 0.15) is 16.9 Å². The zero-order valence-corrected chi connectivity index (χ0v) is 9.20. The van der Waals surface area contributed by atoms with Crippen LogP contribution in [0.2, 0.25) is 0 Å². The maximum absolute atomic E-state index is 11.8. The molecule has 3 rings (SSSR count). The van der Waals surface area contributed by atoms with Crippen molar-refractivity contribution in [3.63, 3.8) is 0 Å². The van der Waals surface area contributed by atoms with Crippen LogP contribution in [0.4, 0.5) is 0 Å². The Morgan fingerprint density at radius 3 is 2.67 bits per heavy atom. The van der Waals surface area contributed by atoms with Gasteiger partial charge < -0.3 is 9.52 Å². The van der Waals surface area contributed by atoms with E-state index in [1.165, 1.54) is 12.1 Å². The smallest absolute Gasteiger partial charge is 0.347 e. The SMILES string of the molecule is O=c1oc2cc(O)ccc2cc1-c1ncccn1. The number of phenolic OH excluding ortho intramolecular Hbond substituents is 1. The van der Waals surface area contributed by atoms with Crippen LogP contribution in [0.25, 0.3) is 22.4 Å². The second-order valence-electron chi connectivity index (χ2n) is 3.74. The molecule has 2 heterocycles. The minimum absolute atomic E-state index is 0.0503. The van der Waals surface area contributed by atoms with Gasteiger partial charge in [-0.1, -0.05) is 0 Å². The van der Waals surface area contributed by atoms with E-state index in [0.717, 1.165) is 0 Å². The van der Waals surface area contributed by atoms with E-state index in [0.29, 0.717) is 22.4 Å². The molecule has 0 spiro atoms. The number of benzene rings is 1. The highest BCUT2D eigenvalue weighted by Gasteiger charge is 2.09. The number of rotatable bonds is 1. The van der Waals surface area contributed by atoms with Crippen molar-refractivity contribution in [3.8, 4) is 17.1 Å². The van der Waals surface area contributed by atoms with Crippen molar-refractivity contribution in [1.29, 1.82) is 0 Å². The van der Waals surface area contributed by atoms with Gasteiger partial charge in [-0.05, 0) is 24.3 Å². The normalized spacial score (nSPS) is 10.7. The van der Waals surface area contributed by atoms with Gasteiger partial charge in [-0.15, -0.1) is 0 Å². The molecule has 0 radical (unpaired) electrons. The summed E-state index contributed by atoms with van der Waals surface area (Å²) in [5, 5.41) is 10.0. The fourth-order valence-corrected chi connectivity index (χ4v) is 1.69. The first-order valence-electron chi connectivity index (χ1n) is 5.28. The van der Waals surface area contributed by atoms with Crippen molar-refractivity contribution >= 4 is 11.0 Å². The molecule has 0 atom stereocenters. The van der Waals surface area contributed by atoms with Crippen LogP contribution in [0, 0.1) is 0 Å². The highest BCUT2D eigenvalue weighted by atomic mass is 16.4. The molecule has 0 fully saturated rings. The number of nitrogens with zero attached hydrogens (tertiary/aromatic N) is 2. The predicted octanol–water partition coefficient (Wildman–Crippen LogP) is 1.96. The molecule has 0 unspecified atom stereocenters. The number of aromatic hydroxyl groups is 1. The second kappa shape index (κ2) is 3.96. The summed E-state index contributed by atoms with van der Waals surface area (Å²) >= 11 is 0. The molecular formula is C13H8N2O3. The third-order valence-corrected chi connectivity index (χ3v) is 2.53. The molecule has 0 saturated carbocycles. The first-order chi connectivity index (χ1) is 8.74. The second-order valence-corrected chi connectivity index (χ2v) is 3.74. The largest absolute Gasteiger partial charge is 0.508 e.